The molecule has 4 aliphatic carbocycles. The predicted octanol–water partition coefficient (Wildman–Crippen LogP) is 8.21. The Morgan fingerprint density at radius 1 is 0.921 bits per heavy atom. The quantitative estimate of drug-likeness (QED) is 0.287. The Morgan fingerprint density at radius 3 is 2.61 bits per heavy atom. The van der Waals surface area contributed by atoms with E-state index in [1.807, 2.05) is 0 Å². The maximum Gasteiger partial charge on any atom is 0.127 e. The van der Waals surface area contributed by atoms with Crippen LogP contribution in [0.25, 0.3) is 0 Å². The van der Waals surface area contributed by atoms with Gasteiger partial charge in [0.15, 0.2) is 0 Å². The van der Waals surface area contributed by atoms with Crippen LogP contribution in [0, 0.1) is 0 Å². The lowest BCUT2D eigenvalue weighted by atomic mass is 9.87. The van der Waals surface area contributed by atoms with Crippen molar-refractivity contribution in [3.05, 3.63) is 59.4 Å². The minimum atomic E-state index is 0.100. The monoisotopic (exact) mass is 516 g/mol. The predicted molar refractivity (Wildman–Crippen MR) is 162 cm³/mol. The summed E-state index contributed by atoms with van der Waals surface area (Å²) in [6.45, 7) is 2.26. The summed E-state index contributed by atoms with van der Waals surface area (Å²) in [7, 11) is 0. The second-order valence-electron chi connectivity index (χ2n) is 12.0. The van der Waals surface area contributed by atoms with Crippen LogP contribution in [-0.2, 0) is 0 Å². The third-order valence-electron chi connectivity index (χ3n) is 9.11. The number of aliphatic imine (C=N–C) groups is 1. The lowest BCUT2D eigenvalue weighted by molar-refractivity contribution is 0.171. The number of hydrogen-bond donors (Lipinski definition) is 2. The topological polar surface area (TPSA) is 39.7 Å². The molecule has 0 aromatic rings. The summed E-state index contributed by atoms with van der Waals surface area (Å²) in [5, 5.41) is 7.83. The number of nitrogens with zero attached hydrogens (tertiary/aromatic N) is 2. The summed E-state index contributed by atoms with van der Waals surface area (Å²) in [4.78, 5) is 8.35. The number of hydrogen-bond acceptors (Lipinski definition) is 4. The fourth-order valence-corrected chi connectivity index (χ4v) is 7.08. The highest BCUT2D eigenvalue weighted by molar-refractivity contribution is 5.99. The van der Waals surface area contributed by atoms with E-state index in [1.165, 1.54) is 114 Å². The van der Waals surface area contributed by atoms with E-state index in [-0.39, 0.29) is 12.3 Å². The van der Waals surface area contributed by atoms with Gasteiger partial charge in [0.1, 0.15) is 12.0 Å². The van der Waals surface area contributed by atoms with E-state index >= 15 is 0 Å². The molecule has 4 heteroatoms. The molecule has 0 saturated carbocycles. The Balaban J connectivity index is 1.46. The molecule has 4 unspecified atom stereocenters. The van der Waals surface area contributed by atoms with Crippen molar-refractivity contribution in [1.29, 1.82) is 0 Å². The van der Waals surface area contributed by atoms with E-state index in [9.17, 15) is 0 Å². The summed E-state index contributed by atoms with van der Waals surface area (Å²) < 4.78 is 0. The number of nitrogens with one attached hydrogen (secondary N) is 2. The maximum atomic E-state index is 5.45. The SMILES string of the molecule is CCC/C=C\CCC1NC(C2=CCCCC2)=NC(C2=C(N(C3C=CCCC3)C3CC=CCC3)CCCC2)N1. The fourth-order valence-electron chi connectivity index (χ4n) is 7.08. The summed E-state index contributed by atoms with van der Waals surface area (Å²) in [6, 6.07) is 1.18. The van der Waals surface area contributed by atoms with Gasteiger partial charge in [0.2, 0.25) is 0 Å². The van der Waals surface area contributed by atoms with Crippen LogP contribution in [0.3, 0.4) is 0 Å². The van der Waals surface area contributed by atoms with Gasteiger partial charge in [0, 0.05) is 17.8 Å². The Kier molecular flexibility index (Phi) is 10.4. The van der Waals surface area contributed by atoms with E-state index in [0.717, 1.165) is 12.8 Å². The lowest BCUT2D eigenvalue weighted by Gasteiger charge is -2.45. The van der Waals surface area contributed by atoms with Crippen LogP contribution in [0.15, 0.2) is 64.4 Å². The first-order chi connectivity index (χ1) is 18.8. The summed E-state index contributed by atoms with van der Waals surface area (Å²) in [6.07, 6.45) is 39.5. The Labute approximate surface area is 232 Å². The smallest absolute Gasteiger partial charge is 0.127 e. The second kappa shape index (κ2) is 14.4. The molecular formula is C34H52N4. The lowest BCUT2D eigenvalue weighted by Crippen LogP contribution is -2.56. The van der Waals surface area contributed by atoms with Gasteiger partial charge in [-0.3, -0.25) is 5.32 Å². The molecule has 0 fully saturated rings. The van der Waals surface area contributed by atoms with Crippen molar-refractivity contribution in [2.75, 3.05) is 0 Å². The molecular weight excluding hydrogens is 464 g/mol. The molecule has 1 heterocycles. The fraction of sp³-hybridized carbons (Fsp3) is 0.676. The molecule has 5 rings (SSSR count). The van der Waals surface area contributed by atoms with Crippen molar-refractivity contribution in [2.24, 2.45) is 4.99 Å². The molecule has 5 aliphatic rings. The highest BCUT2D eigenvalue weighted by atomic mass is 15.3. The van der Waals surface area contributed by atoms with Gasteiger partial charge in [-0.2, -0.15) is 0 Å². The van der Waals surface area contributed by atoms with Gasteiger partial charge in [-0.25, -0.2) is 4.99 Å². The Morgan fingerprint density at radius 2 is 1.82 bits per heavy atom. The first-order valence-corrected chi connectivity index (χ1v) is 16.1. The van der Waals surface area contributed by atoms with Crippen molar-refractivity contribution in [1.82, 2.24) is 15.5 Å². The number of allylic oxidation sites excluding steroid dienone is 6. The van der Waals surface area contributed by atoms with Crippen molar-refractivity contribution < 1.29 is 0 Å². The molecule has 0 saturated heterocycles. The van der Waals surface area contributed by atoms with Gasteiger partial charge in [0.05, 0.1) is 6.17 Å². The first-order valence-electron chi connectivity index (χ1n) is 16.1. The maximum absolute atomic E-state index is 5.45. The summed E-state index contributed by atoms with van der Waals surface area (Å²) >= 11 is 0. The van der Waals surface area contributed by atoms with E-state index in [0.29, 0.717) is 12.1 Å². The minimum absolute atomic E-state index is 0.100. The van der Waals surface area contributed by atoms with Gasteiger partial charge in [-0.15, -0.1) is 0 Å². The van der Waals surface area contributed by atoms with Crippen LogP contribution in [0.5, 0.6) is 0 Å². The molecule has 0 radical (unpaired) electrons. The van der Waals surface area contributed by atoms with Crippen LogP contribution in [0.2, 0.25) is 0 Å². The highest BCUT2D eigenvalue weighted by Gasteiger charge is 2.34. The zero-order valence-corrected chi connectivity index (χ0v) is 24.0. The molecule has 0 spiro atoms. The zero-order valence-electron chi connectivity index (χ0n) is 24.0. The largest absolute Gasteiger partial charge is 0.365 e. The van der Waals surface area contributed by atoms with E-state index in [2.05, 4.69) is 65.0 Å². The van der Waals surface area contributed by atoms with Gasteiger partial charge >= 0.3 is 0 Å². The van der Waals surface area contributed by atoms with Crippen LogP contribution in [-0.4, -0.2) is 35.2 Å². The van der Waals surface area contributed by atoms with Crippen LogP contribution in [0.1, 0.15) is 122 Å². The van der Waals surface area contributed by atoms with Crippen LogP contribution in [0.4, 0.5) is 0 Å². The standard InChI is InChI=1S/C34H52N4/c1-2-3-4-5-15-26-32-35-33(27-18-9-6-10-19-27)37-34(36-32)30-24-16-17-25-31(30)38(28-20-11-7-12-21-28)29-22-13-8-14-23-29/h4-5,7,11,13,18,22,28-29,32,34,36H,2-3,6,8-10,12,14-17,19-21,23-26H2,1H3,(H,35,37)/b5-4-. The van der Waals surface area contributed by atoms with Crippen molar-refractivity contribution in [3.63, 3.8) is 0 Å². The van der Waals surface area contributed by atoms with Crippen molar-refractivity contribution in [2.45, 2.75) is 147 Å². The van der Waals surface area contributed by atoms with Gasteiger partial charge < -0.3 is 10.2 Å². The Bertz CT molecular complexity index is 952. The van der Waals surface area contributed by atoms with Crippen LogP contribution < -0.4 is 10.6 Å². The van der Waals surface area contributed by atoms with Crippen LogP contribution >= 0.6 is 0 Å². The first kappa shape index (κ1) is 27.5. The molecule has 4 nitrogen and oxygen atoms in total. The van der Waals surface area contributed by atoms with Gasteiger partial charge in [0.25, 0.3) is 0 Å². The highest BCUT2D eigenvalue weighted by Crippen LogP contribution is 2.38. The average Bonchev–Trinajstić information content (AvgIpc) is 2.99. The van der Waals surface area contributed by atoms with Gasteiger partial charge in [-0.1, -0.05) is 55.9 Å². The molecule has 0 bridgehead atoms. The normalized spacial score (nSPS) is 30.2. The molecule has 208 valence electrons. The molecule has 2 N–H and O–H groups in total. The summed E-state index contributed by atoms with van der Waals surface area (Å²) in [5.41, 5.74) is 4.68. The van der Waals surface area contributed by atoms with Crippen molar-refractivity contribution >= 4 is 5.84 Å². The molecule has 38 heavy (non-hydrogen) atoms. The average molecular weight is 517 g/mol. The molecule has 0 aromatic carbocycles. The van der Waals surface area contributed by atoms with Gasteiger partial charge in [-0.05, 0) is 120 Å². The third kappa shape index (κ3) is 7.11. The Hall–Kier alpha value is -2.07. The second-order valence-corrected chi connectivity index (χ2v) is 12.0. The third-order valence-corrected chi connectivity index (χ3v) is 9.11. The summed E-state index contributed by atoms with van der Waals surface area (Å²) in [5.74, 6) is 1.18. The number of unbranched alkanes of at least 4 members (excludes halogenated alkanes) is 1. The number of rotatable bonds is 10. The minimum Gasteiger partial charge on any atom is -0.365 e. The van der Waals surface area contributed by atoms with E-state index in [1.54, 1.807) is 11.3 Å². The number of amidine groups is 1. The van der Waals surface area contributed by atoms with E-state index in [4.69, 9.17) is 4.99 Å². The van der Waals surface area contributed by atoms with E-state index < -0.39 is 0 Å². The van der Waals surface area contributed by atoms with Crippen molar-refractivity contribution in [3.8, 4) is 0 Å². The molecule has 1 aliphatic heterocycles. The molecule has 0 amide bonds. The molecule has 4 atom stereocenters. The zero-order chi connectivity index (χ0) is 26.0. The molecule has 0 aromatic heterocycles.